The Morgan fingerprint density at radius 3 is 2.12 bits per heavy atom. The molecule has 0 saturated heterocycles. The summed E-state index contributed by atoms with van der Waals surface area (Å²) in [6.07, 6.45) is -2.21. The van der Waals surface area contributed by atoms with Gasteiger partial charge in [-0.15, -0.1) is 0 Å². The van der Waals surface area contributed by atoms with Crippen molar-refractivity contribution in [2.75, 3.05) is 0 Å². The minimum atomic E-state index is -4.68. The maximum absolute atomic E-state index is 13.2. The number of nitriles is 1. The lowest BCUT2D eigenvalue weighted by molar-refractivity contribution is -0.137. The van der Waals surface area contributed by atoms with E-state index in [0.717, 1.165) is 29.9 Å². The fraction of sp³-hybridized carbons (Fsp3) is 0.231. The fourth-order valence-electron chi connectivity index (χ4n) is 3.48. The normalized spacial score (nSPS) is 12.6. The maximum Gasteiger partial charge on any atom is 0.418 e. The van der Waals surface area contributed by atoms with Gasteiger partial charge in [-0.2, -0.15) is 18.4 Å². The molecule has 0 bridgehead atoms. The first-order valence-electron chi connectivity index (χ1n) is 10.3. The Morgan fingerprint density at radius 1 is 0.970 bits per heavy atom. The van der Waals surface area contributed by atoms with Gasteiger partial charge in [0.2, 0.25) is 0 Å². The Balaban J connectivity index is 1.95. The van der Waals surface area contributed by atoms with E-state index >= 15 is 0 Å². The molecule has 1 heterocycles. The summed E-state index contributed by atoms with van der Waals surface area (Å²) < 4.78 is 39.7. The minimum Gasteiger partial charge on any atom is -0.366 e. The summed E-state index contributed by atoms with van der Waals surface area (Å²) in [5.41, 5.74) is 0.924. The standard InChI is InChI=1S/C26H24F3N3O/c1-25(2,3)23(32-24(33)21-15-31-16-22(21)26(27,28)29)20(14-30)19-11-9-18(10-12-19)13-17-7-5-4-6-8-17/h4-12,15-16,31H,13H2,1-3H3,(H,32,33)/b23-20-. The molecule has 0 atom stereocenters. The molecule has 1 amide bonds. The molecule has 0 aliphatic heterocycles. The third-order valence-electron chi connectivity index (χ3n) is 5.14. The molecule has 0 fully saturated rings. The Morgan fingerprint density at radius 2 is 1.58 bits per heavy atom. The van der Waals surface area contributed by atoms with E-state index in [9.17, 15) is 23.2 Å². The maximum atomic E-state index is 13.2. The summed E-state index contributed by atoms with van der Waals surface area (Å²) in [6, 6.07) is 19.4. The molecule has 33 heavy (non-hydrogen) atoms. The summed E-state index contributed by atoms with van der Waals surface area (Å²) in [4.78, 5) is 15.1. The monoisotopic (exact) mass is 451 g/mol. The summed E-state index contributed by atoms with van der Waals surface area (Å²) in [5, 5.41) is 12.5. The number of aromatic nitrogens is 1. The predicted octanol–water partition coefficient (Wildman–Crippen LogP) is 6.34. The van der Waals surface area contributed by atoms with Gasteiger partial charge in [-0.1, -0.05) is 75.4 Å². The summed E-state index contributed by atoms with van der Waals surface area (Å²) in [5.74, 6) is -0.929. The number of allylic oxidation sites excluding steroid dienone is 2. The van der Waals surface area contributed by atoms with Gasteiger partial charge in [0, 0.05) is 23.5 Å². The first-order valence-corrected chi connectivity index (χ1v) is 10.3. The number of aromatic amines is 1. The van der Waals surface area contributed by atoms with E-state index in [1.807, 2.05) is 42.5 Å². The van der Waals surface area contributed by atoms with E-state index in [4.69, 9.17) is 0 Å². The molecule has 0 unspecified atom stereocenters. The molecular weight excluding hydrogens is 427 g/mol. The molecule has 0 radical (unpaired) electrons. The third kappa shape index (κ3) is 5.72. The van der Waals surface area contributed by atoms with E-state index in [2.05, 4.69) is 16.4 Å². The van der Waals surface area contributed by atoms with Crippen LogP contribution in [0.3, 0.4) is 0 Å². The number of rotatable bonds is 5. The Bertz CT molecular complexity index is 1190. The van der Waals surface area contributed by atoms with Gasteiger partial charge in [0.1, 0.15) is 6.07 Å². The molecule has 170 valence electrons. The van der Waals surface area contributed by atoms with E-state index in [1.54, 1.807) is 32.9 Å². The van der Waals surface area contributed by atoms with E-state index in [0.29, 0.717) is 5.56 Å². The second kappa shape index (κ2) is 9.37. The van der Waals surface area contributed by atoms with Gasteiger partial charge in [-0.05, 0) is 23.1 Å². The van der Waals surface area contributed by atoms with Crippen LogP contribution in [-0.2, 0) is 12.6 Å². The Hall–Kier alpha value is -3.79. The molecule has 0 aliphatic rings. The predicted molar refractivity (Wildman–Crippen MR) is 121 cm³/mol. The number of alkyl halides is 3. The summed E-state index contributed by atoms with van der Waals surface area (Å²) in [6.45, 7) is 5.35. The SMILES string of the molecule is CC(C)(C)/C(NC(=O)c1c[nH]cc1C(F)(F)F)=C(\C#N)c1ccc(Cc2ccccc2)cc1. The second-order valence-corrected chi connectivity index (χ2v) is 8.71. The van der Waals surface area contributed by atoms with Gasteiger partial charge < -0.3 is 10.3 Å². The van der Waals surface area contributed by atoms with Crippen LogP contribution in [0.4, 0.5) is 13.2 Å². The van der Waals surface area contributed by atoms with Crippen molar-refractivity contribution in [1.29, 1.82) is 5.26 Å². The highest BCUT2D eigenvalue weighted by atomic mass is 19.4. The van der Waals surface area contributed by atoms with Crippen LogP contribution in [0.5, 0.6) is 0 Å². The van der Waals surface area contributed by atoms with Crippen molar-refractivity contribution >= 4 is 11.5 Å². The lowest BCUT2D eigenvalue weighted by Crippen LogP contribution is -2.32. The van der Waals surface area contributed by atoms with Crippen LogP contribution < -0.4 is 5.32 Å². The molecule has 0 spiro atoms. The highest BCUT2D eigenvalue weighted by Gasteiger charge is 2.37. The smallest absolute Gasteiger partial charge is 0.366 e. The van der Waals surface area contributed by atoms with Gasteiger partial charge in [0.15, 0.2) is 0 Å². The molecule has 4 nitrogen and oxygen atoms in total. The van der Waals surface area contributed by atoms with Gasteiger partial charge in [0.25, 0.3) is 5.91 Å². The minimum absolute atomic E-state index is 0.200. The van der Waals surface area contributed by atoms with Crippen LogP contribution in [0.25, 0.3) is 5.57 Å². The number of halogens is 3. The zero-order valence-corrected chi connectivity index (χ0v) is 18.5. The van der Waals surface area contributed by atoms with E-state index in [-0.39, 0.29) is 11.3 Å². The van der Waals surface area contributed by atoms with Crippen LogP contribution in [0, 0.1) is 16.7 Å². The van der Waals surface area contributed by atoms with Crippen LogP contribution >= 0.6 is 0 Å². The van der Waals surface area contributed by atoms with Gasteiger partial charge in [-0.3, -0.25) is 4.79 Å². The second-order valence-electron chi connectivity index (χ2n) is 8.71. The molecule has 3 aromatic rings. The highest BCUT2D eigenvalue weighted by molar-refractivity contribution is 5.98. The number of amides is 1. The lowest BCUT2D eigenvalue weighted by Gasteiger charge is -2.25. The van der Waals surface area contributed by atoms with Crippen LogP contribution in [-0.4, -0.2) is 10.9 Å². The molecule has 2 aromatic carbocycles. The molecular formula is C26H24F3N3O. The van der Waals surface area contributed by atoms with Crippen molar-refractivity contribution in [1.82, 2.24) is 10.3 Å². The van der Waals surface area contributed by atoms with Crippen molar-refractivity contribution in [2.45, 2.75) is 33.4 Å². The lowest BCUT2D eigenvalue weighted by atomic mass is 9.86. The first kappa shape index (κ1) is 23.9. The van der Waals surface area contributed by atoms with Gasteiger partial charge >= 0.3 is 6.18 Å². The molecule has 0 aliphatic carbocycles. The van der Waals surface area contributed by atoms with Gasteiger partial charge in [0.05, 0.1) is 16.7 Å². The van der Waals surface area contributed by atoms with Crippen molar-refractivity contribution < 1.29 is 18.0 Å². The van der Waals surface area contributed by atoms with Crippen LogP contribution in [0.15, 0.2) is 72.7 Å². The van der Waals surface area contributed by atoms with Crippen LogP contribution in [0.2, 0.25) is 0 Å². The Kier molecular flexibility index (Phi) is 6.78. The molecule has 1 aromatic heterocycles. The zero-order valence-electron chi connectivity index (χ0n) is 18.5. The number of carbonyl (C=O) groups excluding carboxylic acids is 1. The number of nitrogens with one attached hydrogen (secondary N) is 2. The number of hydrogen-bond donors (Lipinski definition) is 2. The molecule has 0 saturated carbocycles. The largest absolute Gasteiger partial charge is 0.418 e. The molecule has 7 heteroatoms. The number of carbonyl (C=O) groups is 1. The fourth-order valence-corrected chi connectivity index (χ4v) is 3.48. The summed E-state index contributed by atoms with van der Waals surface area (Å²) in [7, 11) is 0. The van der Waals surface area contributed by atoms with Crippen molar-refractivity contribution in [3.63, 3.8) is 0 Å². The average Bonchev–Trinajstić information content (AvgIpc) is 3.25. The quantitative estimate of drug-likeness (QED) is 0.445. The number of nitrogens with zero attached hydrogens (tertiary/aromatic N) is 1. The van der Waals surface area contributed by atoms with E-state index < -0.39 is 28.6 Å². The molecule has 3 rings (SSSR count). The van der Waals surface area contributed by atoms with E-state index in [1.165, 1.54) is 0 Å². The van der Waals surface area contributed by atoms with Crippen LogP contribution in [0.1, 0.15) is 53.4 Å². The van der Waals surface area contributed by atoms with Gasteiger partial charge in [-0.25, -0.2) is 0 Å². The topological polar surface area (TPSA) is 68.7 Å². The van der Waals surface area contributed by atoms with Crippen molar-refractivity contribution in [3.05, 3.63) is 101 Å². The zero-order chi connectivity index (χ0) is 24.2. The van der Waals surface area contributed by atoms with Crippen molar-refractivity contribution in [3.8, 4) is 6.07 Å². The average molecular weight is 451 g/mol. The summed E-state index contributed by atoms with van der Waals surface area (Å²) >= 11 is 0. The molecule has 2 N–H and O–H groups in total. The number of H-pyrrole nitrogens is 1. The Labute approximate surface area is 190 Å². The highest BCUT2D eigenvalue weighted by Crippen LogP contribution is 2.34. The third-order valence-corrected chi connectivity index (χ3v) is 5.14. The number of benzene rings is 2. The number of hydrogen-bond acceptors (Lipinski definition) is 2. The van der Waals surface area contributed by atoms with Crippen molar-refractivity contribution in [2.24, 2.45) is 5.41 Å². The first-order chi connectivity index (χ1) is 15.5.